The Morgan fingerprint density at radius 2 is 1.61 bits per heavy atom. The molecule has 0 nitrogen and oxygen atoms in total. The molecule has 0 bridgehead atoms. The van der Waals surface area contributed by atoms with Crippen molar-refractivity contribution in [3.05, 3.63) is 68.7 Å². The maximum Gasteiger partial charge on any atom is 0.0852 e. The first-order chi connectivity index (χ1) is 8.49. The summed E-state index contributed by atoms with van der Waals surface area (Å²) < 4.78 is 0. The summed E-state index contributed by atoms with van der Waals surface area (Å²) >= 11 is 18.7. The summed E-state index contributed by atoms with van der Waals surface area (Å²) in [5, 5.41) is 1.00. The Morgan fingerprint density at radius 1 is 0.889 bits per heavy atom. The van der Waals surface area contributed by atoms with Gasteiger partial charge < -0.3 is 0 Å². The molecule has 0 aliphatic carbocycles. The molecule has 0 aromatic heterocycles. The van der Waals surface area contributed by atoms with Gasteiger partial charge in [-0.3, -0.25) is 0 Å². The van der Waals surface area contributed by atoms with E-state index < -0.39 is 0 Å². The molecule has 0 saturated carbocycles. The second kappa shape index (κ2) is 5.52. The number of hydrogen-bond donors (Lipinski definition) is 0. The molecular formula is C15H13Cl3. The van der Waals surface area contributed by atoms with Crippen LogP contribution in [0.2, 0.25) is 10.0 Å². The van der Waals surface area contributed by atoms with Gasteiger partial charge in [0.15, 0.2) is 0 Å². The fourth-order valence-corrected chi connectivity index (χ4v) is 2.87. The third-order valence-corrected chi connectivity index (χ3v) is 3.98. The quantitative estimate of drug-likeness (QED) is 0.602. The zero-order valence-corrected chi connectivity index (χ0v) is 12.4. The second-order valence-electron chi connectivity index (χ2n) is 4.39. The van der Waals surface area contributed by atoms with Crippen molar-refractivity contribution in [2.75, 3.05) is 0 Å². The molecule has 0 spiro atoms. The molecule has 2 aromatic carbocycles. The lowest BCUT2D eigenvalue weighted by atomic mass is 9.98. The van der Waals surface area contributed by atoms with Gasteiger partial charge in [0.2, 0.25) is 0 Å². The lowest BCUT2D eigenvalue weighted by molar-refractivity contribution is 1.10. The molecule has 3 heteroatoms. The first-order valence-electron chi connectivity index (χ1n) is 5.65. The van der Waals surface area contributed by atoms with E-state index in [1.807, 2.05) is 12.1 Å². The van der Waals surface area contributed by atoms with E-state index in [1.165, 1.54) is 5.56 Å². The van der Waals surface area contributed by atoms with Crippen molar-refractivity contribution in [3.8, 4) is 0 Å². The molecule has 94 valence electrons. The minimum absolute atomic E-state index is 0.281. The van der Waals surface area contributed by atoms with Crippen LogP contribution in [0.4, 0.5) is 0 Å². The molecule has 1 atom stereocenters. The second-order valence-corrected chi connectivity index (χ2v) is 5.67. The van der Waals surface area contributed by atoms with E-state index in [9.17, 15) is 0 Å². The first-order valence-corrected chi connectivity index (χ1v) is 6.84. The summed E-state index contributed by atoms with van der Waals surface area (Å²) in [4.78, 5) is 0. The van der Waals surface area contributed by atoms with Crippen LogP contribution in [0.1, 0.15) is 27.6 Å². The van der Waals surface area contributed by atoms with Crippen molar-refractivity contribution in [1.82, 2.24) is 0 Å². The molecule has 1 unspecified atom stereocenters. The van der Waals surface area contributed by atoms with Crippen LogP contribution in [-0.2, 0) is 0 Å². The van der Waals surface area contributed by atoms with Gasteiger partial charge in [-0.1, -0.05) is 47.0 Å². The molecule has 0 radical (unpaired) electrons. The van der Waals surface area contributed by atoms with Crippen LogP contribution in [0.3, 0.4) is 0 Å². The molecule has 2 aromatic rings. The smallest absolute Gasteiger partial charge is 0.0852 e. The van der Waals surface area contributed by atoms with Crippen LogP contribution in [0, 0.1) is 13.8 Å². The van der Waals surface area contributed by atoms with Crippen molar-refractivity contribution in [1.29, 1.82) is 0 Å². The van der Waals surface area contributed by atoms with Crippen molar-refractivity contribution in [3.63, 3.8) is 0 Å². The lowest BCUT2D eigenvalue weighted by Crippen LogP contribution is -1.97. The van der Waals surface area contributed by atoms with Crippen LogP contribution >= 0.6 is 34.8 Å². The average molecular weight is 300 g/mol. The van der Waals surface area contributed by atoms with Gasteiger partial charge in [0.05, 0.1) is 5.38 Å². The van der Waals surface area contributed by atoms with E-state index in [1.54, 1.807) is 12.1 Å². The molecular weight excluding hydrogens is 287 g/mol. The van der Waals surface area contributed by atoms with Crippen LogP contribution in [0.15, 0.2) is 36.4 Å². The maximum atomic E-state index is 6.52. The number of alkyl halides is 1. The number of aryl methyl sites for hydroxylation is 2. The normalized spacial score (nSPS) is 12.5. The summed E-state index contributed by atoms with van der Waals surface area (Å²) in [7, 11) is 0. The molecule has 0 fully saturated rings. The Bertz CT molecular complexity index is 576. The molecule has 0 heterocycles. The molecule has 0 N–H and O–H groups in total. The average Bonchev–Trinajstić information content (AvgIpc) is 2.31. The van der Waals surface area contributed by atoms with Crippen LogP contribution in [0.25, 0.3) is 0 Å². The molecule has 0 aliphatic rings. The third-order valence-electron chi connectivity index (χ3n) is 2.93. The zero-order chi connectivity index (χ0) is 13.3. The summed E-state index contributed by atoms with van der Waals surface area (Å²) in [5.41, 5.74) is 4.28. The number of halogens is 3. The van der Waals surface area contributed by atoms with Gasteiger partial charge in [-0.2, -0.15) is 0 Å². The van der Waals surface area contributed by atoms with E-state index in [2.05, 4.69) is 26.0 Å². The highest BCUT2D eigenvalue weighted by Gasteiger charge is 2.16. The predicted molar refractivity (Wildman–Crippen MR) is 80.1 cm³/mol. The third kappa shape index (κ3) is 2.83. The molecule has 0 aliphatic heterocycles. The van der Waals surface area contributed by atoms with E-state index in [-0.39, 0.29) is 5.38 Å². The largest absolute Gasteiger partial charge is 0.113 e. The van der Waals surface area contributed by atoms with Crippen molar-refractivity contribution in [2.45, 2.75) is 19.2 Å². The minimum atomic E-state index is -0.281. The Labute approximate surface area is 122 Å². The molecule has 18 heavy (non-hydrogen) atoms. The molecule has 0 saturated heterocycles. The summed E-state index contributed by atoms with van der Waals surface area (Å²) in [6.45, 7) is 4.11. The summed E-state index contributed by atoms with van der Waals surface area (Å²) in [5.74, 6) is 0. The Morgan fingerprint density at radius 3 is 2.28 bits per heavy atom. The van der Waals surface area contributed by atoms with Crippen molar-refractivity contribution in [2.24, 2.45) is 0 Å². The van der Waals surface area contributed by atoms with Crippen LogP contribution < -0.4 is 0 Å². The zero-order valence-electron chi connectivity index (χ0n) is 10.2. The highest BCUT2D eigenvalue weighted by molar-refractivity contribution is 6.35. The van der Waals surface area contributed by atoms with E-state index in [4.69, 9.17) is 34.8 Å². The maximum absolute atomic E-state index is 6.52. The Hall–Kier alpha value is -0.690. The van der Waals surface area contributed by atoms with Gasteiger partial charge in [0.1, 0.15) is 0 Å². The minimum Gasteiger partial charge on any atom is -0.113 e. The molecule has 2 rings (SSSR count). The predicted octanol–water partition coefficient (Wildman–Crippen LogP) is 5.94. The summed E-state index contributed by atoms with van der Waals surface area (Å²) in [6, 6.07) is 11.6. The van der Waals surface area contributed by atoms with E-state index in [0.29, 0.717) is 10.0 Å². The van der Waals surface area contributed by atoms with Gasteiger partial charge in [0.25, 0.3) is 0 Å². The van der Waals surface area contributed by atoms with Gasteiger partial charge in [-0.05, 0) is 48.7 Å². The topological polar surface area (TPSA) is 0 Å². The number of hydrogen-bond acceptors (Lipinski definition) is 0. The van der Waals surface area contributed by atoms with Crippen LogP contribution in [0.5, 0.6) is 0 Å². The van der Waals surface area contributed by atoms with Crippen molar-refractivity contribution < 1.29 is 0 Å². The van der Waals surface area contributed by atoms with Gasteiger partial charge >= 0.3 is 0 Å². The lowest BCUT2D eigenvalue weighted by Gasteiger charge is -2.15. The van der Waals surface area contributed by atoms with Gasteiger partial charge in [0, 0.05) is 10.0 Å². The highest BCUT2D eigenvalue weighted by Crippen LogP contribution is 2.36. The first kappa shape index (κ1) is 13.7. The Kier molecular flexibility index (Phi) is 4.21. The van der Waals surface area contributed by atoms with E-state index >= 15 is 0 Å². The fraction of sp³-hybridized carbons (Fsp3) is 0.200. The van der Waals surface area contributed by atoms with Crippen molar-refractivity contribution >= 4 is 34.8 Å². The van der Waals surface area contributed by atoms with Gasteiger partial charge in [-0.15, -0.1) is 11.6 Å². The van der Waals surface area contributed by atoms with E-state index in [0.717, 1.165) is 16.7 Å². The highest BCUT2D eigenvalue weighted by atomic mass is 35.5. The van der Waals surface area contributed by atoms with Gasteiger partial charge in [-0.25, -0.2) is 0 Å². The SMILES string of the molecule is Cc1ccc(C(Cl)c2cc(Cl)ccc2Cl)c(C)c1. The number of rotatable bonds is 2. The monoisotopic (exact) mass is 298 g/mol. The standard InChI is InChI=1S/C15H13Cl3/c1-9-3-5-12(10(2)7-9)15(18)13-8-11(16)4-6-14(13)17/h3-8,15H,1-2H3. The van der Waals surface area contributed by atoms with Crippen LogP contribution in [-0.4, -0.2) is 0 Å². The fourth-order valence-electron chi connectivity index (χ4n) is 1.99. The molecule has 0 amide bonds. The summed E-state index contributed by atoms with van der Waals surface area (Å²) in [6.07, 6.45) is 0. The Balaban J connectivity index is 2.47. The number of benzene rings is 2.